The summed E-state index contributed by atoms with van der Waals surface area (Å²) in [6, 6.07) is 36.6. The van der Waals surface area contributed by atoms with Crippen molar-refractivity contribution in [1.29, 1.82) is 0 Å². The molecule has 0 saturated heterocycles. The van der Waals surface area contributed by atoms with Gasteiger partial charge in [-0.25, -0.2) is 0 Å². The van der Waals surface area contributed by atoms with Crippen molar-refractivity contribution in [3.63, 3.8) is 0 Å². The molecule has 0 bridgehead atoms. The van der Waals surface area contributed by atoms with Crippen LogP contribution >= 0.6 is 0 Å². The Labute approximate surface area is 275 Å². The van der Waals surface area contributed by atoms with E-state index in [1.54, 1.807) is 0 Å². The number of benzene rings is 5. The lowest BCUT2D eigenvalue weighted by Gasteiger charge is -2.41. The maximum atomic E-state index is 2.64. The molecule has 0 amide bonds. The molecule has 46 heavy (non-hydrogen) atoms. The lowest BCUT2D eigenvalue weighted by molar-refractivity contribution is 0.403. The summed E-state index contributed by atoms with van der Waals surface area (Å²) in [6.45, 7) is 13.8. The fourth-order valence-corrected chi connectivity index (χ4v) is 7.53. The molecular weight excluding hydrogens is 556 g/mol. The second-order valence-corrected chi connectivity index (χ2v) is 13.9. The number of allylic oxidation sites excluding steroid dienone is 4. The van der Waals surface area contributed by atoms with Crippen molar-refractivity contribution in [3.05, 3.63) is 144 Å². The van der Waals surface area contributed by atoms with Gasteiger partial charge in [0.25, 0.3) is 0 Å². The van der Waals surface area contributed by atoms with E-state index in [1.807, 2.05) is 0 Å². The molecule has 0 fully saturated rings. The number of hydrogen-bond acceptors (Lipinski definition) is 2. The van der Waals surface area contributed by atoms with Gasteiger partial charge in [-0.1, -0.05) is 136 Å². The minimum Gasteiger partial charge on any atom is -0.333 e. The summed E-state index contributed by atoms with van der Waals surface area (Å²) in [7, 11) is 0. The summed E-state index contributed by atoms with van der Waals surface area (Å²) in [5.74, 6) is 2.05. The van der Waals surface area contributed by atoms with E-state index < -0.39 is 0 Å². The molecule has 5 atom stereocenters. The van der Waals surface area contributed by atoms with Gasteiger partial charge in [-0.15, -0.1) is 0 Å². The molecule has 0 aromatic heterocycles. The van der Waals surface area contributed by atoms with E-state index in [9.17, 15) is 0 Å². The summed E-state index contributed by atoms with van der Waals surface area (Å²) in [5.41, 5.74) is 8.71. The van der Waals surface area contributed by atoms with Gasteiger partial charge in [0, 0.05) is 38.6 Å². The lowest BCUT2D eigenvalue weighted by atomic mass is 9.83. The van der Waals surface area contributed by atoms with E-state index in [1.165, 1.54) is 67.5 Å². The van der Waals surface area contributed by atoms with Crippen molar-refractivity contribution in [1.82, 2.24) is 0 Å². The first-order chi connectivity index (χ1) is 22.3. The maximum Gasteiger partial charge on any atom is 0.0619 e. The zero-order valence-corrected chi connectivity index (χ0v) is 28.1. The average molecular weight is 603 g/mol. The predicted molar refractivity (Wildman–Crippen MR) is 200 cm³/mol. The van der Waals surface area contributed by atoms with Crippen LogP contribution in [-0.4, -0.2) is 6.04 Å². The van der Waals surface area contributed by atoms with E-state index >= 15 is 0 Å². The van der Waals surface area contributed by atoms with E-state index in [2.05, 4.69) is 179 Å². The van der Waals surface area contributed by atoms with Crippen LogP contribution in [0.4, 0.5) is 22.7 Å². The van der Waals surface area contributed by atoms with Crippen LogP contribution in [-0.2, 0) is 0 Å². The molecule has 5 unspecified atom stereocenters. The average Bonchev–Trinajstić information content (AvgIpc) is 3.06. The summed E-state index contributed by atoms with van der Waals surface area (Å²) < 4.78 is 0. The van der Waals surface area contributed by atoms with Crippen molar-refractivity contribution in [2.24, 2.45) is 23.7 Å². The van der Waals surface area contributed by atoms with Crippen molar-refractivity contribution in [3.8, 4) is 0 Å². The standard InChI is InChI=1S/C44H46N2/c1-29-15-21-35(22-16-29)45(37-25-20-32(4)33(5)28-37)43-38-11-7-9-13-40(38)44(41-14-10-8-12-39(41)43)46(36-23-17-30(2)18-24-36)42-26-19-31(3)27-34(42)6/h7-26,28,31-34,42H,27H2,1-6H3. The molecule has 2 heteroatoms. The molecule has 0 aliphatic heterocycles. The molecule has 7 rings (SSSR count). The number of nitrogens with zero attached hydrogens (tertiary/aromatic N) is 2. The molecule has 0 saturated carbocycles. The van der Waals surface area contributed by atoms with Crippen molar-refractivity contribution in [2.45, 2.75) is 54.0 Å². The second-order valence-electron chi connectivity index (χ2n) is 13.9. The molecule has 2 nitrogen and oxygen atoms in total. The van der Waals surface area contributed by atoms with E-state index in [-0.39, 0.29) is 6.04 Å². The highest BCUT2D eigenvalue weighted by molar-refractivity contribution is 6.22. The molecular formula is C44H46N2. The van der Waals surface area contributed by atoms with Crippen LogP contribution < -0.4 is 9.80 Å². The van der Waals surface area contributed by atoms with Crippen molar-refractivity contribution in [2.75, 3.05) is 9.80 Å². The Morgan fingerprint density at radius 2 is 1.07 bits per heavy atom. The number of fused-ring (bicyclic) bond motifs is 2. The van der Waals surface area contributed by atoms with Gasteiger partial charge in [0.2, 0.25) is 0 Å². The fourth-order valence-electron chi connectivity index (χ4n) is 7.53. The third-order valence-corrected chi connectivity index (χ3v) is 10.3. The van der Waals surface area contributed by atoms with Crippen LogP contribution in [0.3, 0.4) is 0 Å². The van der Waals surface area contributed by atoms with E-state index in [0.717, 1.165) is 0 Å². The molecule has 5 aromatic rings. The van der Waals surface area contributed by atoms with Crippen LogP contribution in [0.2, 0.25) is 0 Å². The van der Waals surface area contributed by atoms with Crippen LogP contribution in [0, 0.1) is 37.5 Å². The Morgan fingerprint density at radius 1 is 0.543 bits per heavy atom. The van der Waals surface area contributed by atoms with Gasteiger partial charge in [-0.05, 0) is 74.3 Å². The van der Waals surface area contributed by atoms with Crippen LogP contribution in [0.5, 0.6) is 0 Å². The first-order valence-electron chi connectivity index (χ1n) is 17.0. The number of hydrogen-bond donors (Lipinski definition) is 0. The summed E-state index contributed by atoms with van der Waals surface area (Å²) >= 11 is 0. The minimum absolute atomic E-state index is 0.246. The van der Waals surface area contributed by atoms with Gasteiger partial charge in [-0.2, -0.15) is 0 Å². The smallest absolute Gasteiger partial charge is 0.0619 e. The normalized spacial score (nSPS) is 22.7. The summed E-state index contributed by atoms with van der Waals surface area (Å²) in [5, 5.41) is 5.07. The van der Waals surface area contributed by atoms with Gasteiger partial charge in [0.1, 0.15) is 0 Å². The zero-order valence-electron chi connectivity index (χ0n) is 28.1. The lowest BCUT2D eigenvalue weighted by Crippen LogP contribution is -2.38. The SMILES string of the molecule is Cc1ccc(N(C2=CC(C)C(C)C=C2)c2c3ccccc3c(N(c3ccc(C)cc3)C3C=CC(C)CC3C)c3ccccc23)cc1. The monoisotopic (exact) mass is 602 g/mol. The minimum atomic E-state index is 0.246. The zero-order chi connectivity index (χ0) is 31.9. The van der Waals surface area contributed by atoms with Crippen LogP contribution in [0.1, 0.15) is 45.2 Å². The number of rotatable bonds is 6. The van der Waals surface area contributed by atoms with Gasteiger partial charge in [0.05, 0.1) is 17.4 Å². The predicted octanol–water partition coefficient (Wildman–Crippen LogP) is 12.2. The molecule has 0 heterocycles. The molecule has 2 aliphatic carbocycles. The molecule has 0 spiro atoms. The quantitative estimate of drug-likeness (QED) is 0.108. The van der Waals surface area contributed by atoms with E-state index in [4.69, 9.17) is 0 Å². The van der Waals surface area contributed by atoms with Crippen LogP contribution in [0.15, 0.2) is 133 Å². The highest BCUT2D eigenvalue weighted by Crippen LogP contribution is 2.50. The first kappa shape index (κ1) is 30.1. The number of aryl methyl sites for hydroxylation is 2. The highest BCUT2D eigenvalue weighted by Gasteiger charge is 2.32. The summed E-state index contributed by atoms with van der Waals surface area (Å²) in [4.78, 5) is 5.15. The van der Waals surface area contributed by atoms with Crippen LogP contribution in [0.25, 0.3) is 21.5 Å². The van der Waals surface area contributed by atoms with Gasteiger partial charge in [0.15, 0.2) is 0 Å². The topological polar surface area (TPSA) is 6.48 Å². The highest BCUT2D eigenvalue weighted by atomic mass is 15.2. The molecule has 232 valence electrons. The third-order valence-electron chi connectivity index (χ3n) is 10.3. The molecule has 2 aliphatic rings. The van der Waals surface area contributed by atoms with Crippen molar-refractivity contribution >= 4 is 44.3 Å². The Morgan fingerprint density at radius 3 is 1.59 bits per heavy atom. The maximum absolute atomic E-state index is 2.64. The fraction of sp³-hybridized carbons (Fsp3) is 0.273. The Bertz CT molecular complexity index is 1900. The molecule has 0 radical (unpaired) electrons. The molecule has 0 N–H and O–H groups in total. The first-order valence-corrected chi connectivity index (χ1v) is 17.0. The number of anilines is 4. The third kappa shape index (κ3) is 5.45. The van der Waals surface area contributed by atoms with E-state index in [0.29, 0.717) is 23.7 Å². The molecule has 5 aromatic carbocycles. The van der Waals surface area contributed by atoms with Gasteiger partial charge < -0.3 is 9.80 Å². The summed E-state index contributed by atoms with van der Waals surface area (Å²) in [6.07, 6.45) is 13.2. The van der Waals surface area contributed by atoms with Gasteiger partial charge in [-0.3, -0.25) is 0 Å². The van der Waals surface area contributed by atoms with Gasteiger partial charge >= 0.3 is 0 Å². The Balaban J connectivity index is 1.57. The Hall–Kier alpha value is -4.56. The largest absolute Gasteiger partial charge is 0.333 e. The Kier molecular flexibility index (Phi) is 8.07. The van der Waals surface area contributed by atoms with Crippen molar-refractivity contribution < 1.29 is 0 Å². The second kappa shape index (κ2) is 12.3.